The average Bonchev–Trinajstić information content (AvgIpc) is 2.49. The van der Waals surface area contributed by atoms with Gasteiger partial charge in [-0.3, -0.25) is 9.59 Å². The fourth-order valence-corrected chi connectivity index (χ4v) is 3.54. The second-order valence-corrected chi connectivity index (χ2v) is 6.58. The van der Waals surface area contributed by atoms with Crippen LogP contribution in [0.5, 0.6) is 0 Å². The highest BCUT2D eigenvalue weighted by molar-refractivity contribution is 5.77. The molecule has 0 saturated heterocycles. The van der Waals surface area contributed by atoms with E-state index >= 15 is 0 Å². The normalized spacial score (nSPS) is 35.3. The highest BCUT2D eigenvalue weighted by Crippen LogP contribution is 2.50. The molecule has 2 rings (SSSR count). The second-order valence-electron chi connectivity index (χ2n) is 6.58. The number of ether oxygens (including phenoxy) is 1. The smallest absolute Gasteiger partial charge is 0.310 e. The summed E-state index contributed by atoms with van der Waals surface area (Å²) in [6, 6.07) is 0. The molecule has 4 unspecified atom stereocenters. The number of rotatable bonds is 2. The summed E-state index contributed by atoms with van der Waals surface area (Å²) in [7, 11) is 0. The summed E-state index contributed by atoms with van der Waals surface area (Å²) in [6.07, 6.45) is 3.38. The summed E-state index contributed by atoms with van der Waals surface area (Å²) >= 11 is 0. The lowest BCUT2D eigenvalue weighted by atomic mass is 9.72. The van der Waals surface area contributed by atoms with E-state index in [0.29, 0.717) is 12.3 Å². The Morgan fingerprint density at radius 3 is 2.28 bits per heavy atom. The van der Waals surface area contributed by atoms with Crippen LogP contribution in [-0.4, -0.2) is 22.6 Å². The largest absolute Gasteiger partial charge is 0.481 e. The predicted molar refractivity (Wildman–Crippen MR) is 65.9 cm³/mol. The molecule has 2 saturated carbocycles. The van der Waals surface area contributed by atoms with Crippen molar-refractivity contribution in [1.82, 2.24) is 0 Å². The van der Waals surface area contributed by atoms with E-state index in [1.807, 2.05) is 20.8 Å². The minimum atomic E-state index is -0.756. The highest BCUT2D eigenvalue weighted by atomic mass is 16.6. The molecule has 0 aromatic heterocycles. The Labute approximate surface area is 108 Å². The van der Waals surface area contributed by atoms with Gasteiger partial charge in [0, 0.05) is 0 Å². The molecule has 1 N–H and O–H groups in total. The van der Waals surface area contributed by atoms with Crippen LogP contribution in [0, 0.1) is 23.7 Å². The van der Waals surface area contributed by atoms with Gasteiger partial charge in [0.2, 0.25) is 0 Å². The third-order valence-corrected chi connectivity index (χ3v) is 4.20. The van der Waals surface area contributed by atoms with Crippen LogP contribution in [0.2, 0.25) is 0 Å². The summed E-state index contributed by atoms with van der Waals surface area (Å²) < 4.78 is 5.45. The van der Waals surface area contributed by atoms with E-state index in [9.17, 15) is 14.7 Å². The van der Waals surface area contributed by atoms with E-state index in [0.717, 1.165) is 19.3 Å². The van der Waals surface area contributed by atoms with Crippen LogP contribution in [0.25, 0.3) is 0 Å². The molecule has 0 heterocycles. The standard InChI is InChI=1S/C14H22O4/c1-14(2,3)18-13(17)11-8-4-6-9(11)10(7-5-8)12(15)16/h8-11H,4-7H2,1-3H3,(H,15,16). The summed E-state index contributed by atoms with van der Waals surface area (Å²) in [6.45, 7) is 5.55. The molecule has 2 bridgehead atoms. The molecule has 102 valence electrons. The van der Waals surface area contributed by atoms with Gasteiger partial charge in [0.25, 0.3) is 0 Å². The lowest BCUT2D eigenvalue weighted by Crippen LogP contribution is -2.40. The van der Waals surface area contributed by atoms with Crippen LogP contribution < -0.4 is 0 Å². The lowest BCUT2D eigenvalue weighted by molar-refractivity contribution is -0.166. The van der Waals surface area contributed by atoms with E-state index in [1.54, 1.807) is 0 Å². The Hall–Kier alpha value is -1.06. The molecule has 0 radical (unpaired) electrons. The molecule has 0 aliphatic heterocycles. The van der Waals surface area contributed by atoms with Gasteiger partial charge in [0.1, 0.15) is 5.60 Å². The molecule has 0 aromatic rings. The zero-order valence-corrected chi connectivity index (χ0v) is 11.3. The van der Waals surface area contributed by atoms with Crippen LogP contribution in [0.1, 0.15) is 46.5 Å². The molecule has 2 aliphatic carbocycles. The maximum Gasteiger partial charge on any atom is 0.310 e. The van der Waals surface area contributed by atoms with Gasteiger partial charge in [-0.15, -0.1) is 0 Å². The van der Waals surface area contributed by atoms with E-state index < -0.39 is 11.6 Å². The van der Waals surface area contributed by atoms with Crippen molar-refractivity contribution < 1.29 is 19.4 Å². The maximum absolute atomic E-state index is 12.2. The first-order valence-electron chi connectivity index (χ1n) is 6.75. The molecule has 2 fully saturated rings. The van der Waals surface area contributed by atoms with Gasteiger partial charge in [0.15, 0.2) is 0 Å². The number of aliphatic carboxylic acids is 1. The van der Waals surface area contributed by atoms with Crippen molar-refractivity contribution in [2.75, 3.05) is 0 Å². The van der Waals surface area contributed by atoms with Crippen molar-refractivity contribution in [3.8, 4) is 0 Å². The third kappa shape index (κ3) is 2.52. The topological polar surface area (TPSA) is 63.6 Å². The van der Waals surface area contributed by atoms with Crippen LogP contribution in [0.4, 0.5) is 0 Å². The lowest BCUT2D eigenvalue weighted by Gasteiger charge is -2.34. The summed E-state index contributed by atoms with van der Waals surface area (Å²) in [5, 5.41) is 9.24. The van der Waals surface area contributed by atoms with Crippen molar-refractivity contribution in [2.45, 2.75) is 52.1 Å². The van der Waals surface area contributed by atoms with Crippen molar-refractivity contribution in [3.63, 3.8) is 0 Å². The van der Waals surface area contributed by atoms with Crippen LogP contribution in [0.3, 0.4) is 0 Å². The quantitative estimate of drug-likeness (QED) is 0.769. The van der Waals surface area contributed by atoms with Gasteiger partial charge >= 0.3 is 11.9 Å². The Morgan fingerprint density at radius 1 is 1.11 bits per heavy atom. The van der Waals surface area contributed by atoms with Crippen LogP contribution >= 0.6 is 0 Å². The van der Waals surface area contributed by atoms with Gasteiger partial charge < -0.3 is 9.84 Å². The fraction of sp³-hybridized carbons (Fsp3) is 0.857. The molecule has 18 heavy (non-hydrogen) atoms. The molecule has 0 amide bonds. The average molecular weight is 254 g/mol. The molecular formula is C14H22O4. The summed E-state index contributed by atoms with van der Waals surface area (Å²) in [5.74, 6) is -1.19. The first kappa shape index (κ1) is 13.4. The minimum Gasteiger partial charge on any atom is -0.481 e. The van der Waals surface area contributed by atoms with E-state index in [-0.39, 0.29) is 23.7 Å². The summed E-state index contributed by atoms with van der Waals surface area (Å²) in [4.78, 5) is 23.5. The first-order chi connectivity index (χ1) is 8.29. The number of carboxylic acid groups (broad SMARTS) is 1. The Bertz CT molecular complexity index is 355. The van der Waals surface area contributed by atoms with Crippen LogP contribution in [-0.2, 0) is 14.3 Å². The molecule has 4 atom stereocenters. The monoisotopic (exact) mass is 254 g/mol. The Morgan fingerprint density at radius 2 is 1.72 bits per heavy atom. The molecule has 4 heteroatoms. The second kappa shape index (κ2) is 4.56. The molecule has 4 nitrogen and oxygen atoms in total. The van der Waals surface area contributed by atoms with Crippen molar-refractivity contribution in [2.24, 2.45) is 23.7 Å². The zero-order chi connectivity index (χ0) is 13.5. The number of carbonyl (C=O) groups is 2. The fourth-order valence-electron chi connectivity index (χ4n) is 3.54. The molecular weight excluding hydrogens is 232 g/mol. The van der Waals surface area contributed by atoms with Crippen molar-refractivity contribution in [3.05, 3.63) is 0 Å². The number of carboxylic acids is 1. The maximum atomic E-state index is 12.2. The van der Waals surface area contributed by atoms with E-state index in [2.05, 4.69) is 0 Å². The first-order valence-corrected chi connectivity index (χ1v) is 6.75. The van der Waals surface area contributed by atoms with E-state index in [1.165, 1.54) is 0 Å². The number of hydrogen-bond donors (Lipinski definition) is 1. The molecule has 2 aliphatic rings. The molecule has 0 aromatic carbocycles. The van der Waals surface area contributed by atoms with Gasteiger partial charge in [-0.1, -0.05) is 0 Å². The third-order valence-electron chi connectivity index (χ3n) is 4.20. The summed E-state index contributed by atoms with van der Waals surface area (Å²) in [5.41, 5.74) is -0.493. The number of esters is 1. The predicted octanol–water partition coefficient (Wildman–Crippen LogP) is 2.47. The van der Waals surface area contributed by atoms with Gasteiger partial charge in [-0.2, -0.15) is 0 Å². The Balaban J connectivity index is 2.13. The Kier molecular flexibility index (Phi) is 3.39. The highest BCUT2D eigenvalue weighted by Gasteiger charge is 2.51. The zero-order valence-electron chi connectivity index (χ0n) is 11.3. The van der Waals surface area contributed by atoms with Gasteiger partial charge in [-0.25, -0.2) is 0 Å². The number of carbonyl (C=O) groups excluding carboxylic acids is 1. The van der Waals surface area contributed by atoms with Crippen LogP contribution in [0.15, 0.2) is 0 Å². The minimum absolute atomic E-state index is 0.0175. The van der Waals surface area contributed by atoms with Crippen molar-refractivity contribution >= 4 is 11.9 Å². The number of hydrogen-bond acceptors (Lipinski definition) is 3. The van der Waals surface area contributed by atoms with Crippen molar-refractivity contribution in [1.29, 1.82) is 0 Å². The number of fused-ring (bicyclic) bond motifs is 2. The molecule has 0 spiro atoms. The van der Waals surface area contributed by atoms with Gasteiger partial charge in [0.05, 0.1) is 11.8 Å². The van der Waals surface area contributed by atoms with E-state index in [4.69, 9.17) is 4.74 Å². The SMILES string of the molecule is CC(C)(C)OC(=O)C1C2CCC(C(=O)O)C1CC2. The van der Waals surface area contributed by atoms with Gasteiger partial charge in [-0.05, 0) is 58.3 Å².